The number of hydrogen-bond donors (Lipinski definition) is 1. The van der Waals surface area contributed by atoms with Gasteiger partial charge in [0.05, 0.1) is 12.0 Å². The lowest BCUT2D eigenvalue weighted by Crippen LogP contribution is -2.04. The van der Waals surface area contributed by atoms with Gasteiger partial charge in [0, 0.05) is 24.8 Å². The van der Waals surface area contributed by atoms with Crippen LogP contribution in [-0.4, -0.2) is 19.3 Å². The molecule has 0 aliphatic carbocycles. The van der Waals surface area contributed by atoms with Gasteiger partial charge in [-0.1, -0.05) is 0 Å². The van der Waals surface area contributed by atoms with Crippen LogP contribution in [0.4, 0.5) is 5.82 Å². The number of anilines is 1. The predicted molar refractivity (Wildman–Crippen MR) is 64.0 cm³/mol. The van der Waals surface area contributed by atoms with Crippen molar-refractivity contribution in [3.63, 3.8) is 0 Å². The van der Waals surface area contributed by atoms with Crippen LogP contribution in [0.5, 0.6) is 0 Å². The van der Waals surface area contributed by atoms with Gasteiger partial charge in [-0.15, -0.1) is 0 Å². The van der Waals surface area contributed by atoms with E-state index in [1.165, 1.54) is 0 Å². The molecule has 0 fully saturated rings. The van der Waals surface area contributed by atoms with Crippen LogP contribution in [0.3, 0.4) is 0 Å². The topological polar surface area (TPSA) is 61.7 Å². The number of nitrogen functional groups attached to an aromatic ring is 1. The van der Waals surface area contributed by atoms with Gasteiger partial charge >= 0.3 is 0 Å². The lowest BCUT2D eigenvalue weighted by atomic mass is 10.2. The van der Waals surface area contributed by atoms with Gasteiger partial charge in [0.15, 0.2) is 0 Å². The molecular weight excluding hydrogens is 202 g/mol. The second-order valence-electron chi connectivity index (χ2n) is 4.28. The van der Waals surface area contributed by atoms with Crippen molar-refractivity contribution in [2.45, 2.75) is 26.8 Å². The molecule has 0 unspecified atom stereocenters. The van der Waals surface area contributed by atoms with E-state index in [-0.39, 0.29) is 0 Å². The van der Waals surface area contributed by atoms with Crippen LogP contribution >= 0.6 is 0 Å². The van der Waals surface area contributed by atoms with Gasteiger partial charge in [-0.05, 0) is 20.8 Å². The Labute approximate surface area is 94.9 Å². The van der Waals surface area contributed by atoms with Crippen LogP contribution in [0.25, 0.3) is 11.3 Å². The Bertz CT molecular complexity index is 506. The van der Waals surface area contributed by atoms with Crippen molar-refractivity contribution in [2.75, 3.05) is 5.73 Å². The van der Waals surface area contributed by atoms with Gasteiger partial charge in [-0.2, -0.15) is 5.10 Å². The van der Waals surface area contributed by atoms with E-state index in [9.17, 15) is 0 Å². The first-order valence-corrected chi connectivity index (χ1v) is 5.33. The zero-order valence-corrected chi connectivity index (χ0v) is 10.1. The minimum Gasteiger partial charge on any atom is -0.383 e. The summed E-state index contributed by atoms with van der Waals surface area (Å²) in [4.78, 5) is 4.37. The number of aryl methyl sites for hydroxylation is 2. The van der Waals surface area contributed by atoms with E-state index in [1.807, 2.05) is 24.7 Å². The van der Waals surface area contributed by atoms with Crippen molar-refractivity contribution in [3.8, 4) is 11.3 Å². The standard InChI is InChI=1S/C11H17N5/c1-7(2)16-6-13-10(11(16)12)9-5-15(4)14-8(9)3/h5-7H,12H2,1-4H3. The first kappa shape index (κ1) is 10.7. The Morgan fingerprint density at radius 3 is 2.50 bits per heavy atom. The molecule has 0 aromatic carbocycles. The van der Waals surface area contributed by atoms with E-state index in [2.05, 4.69) is 23.9 Å². The fourth-order valence-electron chi connectivity index (χ4n) is 1.82. The highest BCUT2D eigenvalue weighted by atomic mass is 15.3. The monoisotopic (exact) mass is 219 g/mol. The summed E-state index contributed by atoms with van der Waals surface area (Å²) in [6.07, 6.45) is 3.72. The second kappa shape index (κ2) is 3.66. The quantitative estimate of drug-likeness (QED) is 0.837. The summed E-state index contributed by atoms with van der Waals surface area (Å²) >= 11 is 0. The van der Waals surface area contributed by atoms with E-state index in [1.54, 1.807) is 11.0 Å². The average molecular weight is 219 g/mol. The molecule has 0 saturated carbocycles. The van der Waals surface area contributed by atoms with Crippen molar-refractivity contribution < 1.29 is 0 Å². The highest BCUT2D eigenvalue weighted by Crippen LogP contribution is 2.28. The Morgan fingerprint density at radius 1 is 1.38 bits per heavy atom. The third kappa shape index (κ3) is 1.58. The van der Waals surface area contributed by atoms with E-state index in [0.29, 0.717) is 11.9 Å². The highest BCUT2D eigenvalue weighted by Gasteiger charge is 2.15. The summed E-state index contributed by atoms with van der Waals surface area (Å²) in [5.74, 6) is 0.700. The molecular formula is C11H17N5. The molecule has 2 rings (SSSR count). The first-order chi connectivity index (χ1) is 7.50. The SMILES string of the molecule is Cc1nn(C)cc1-c1ncn(C(C)C)c1N. The summed E-state index contributed by atoms with van der Waals surface area (Å²) < 4.78 is 3.74. The molecule has 0 saturated heterocycles. The molecule has 0 atom stereocenters. The summed E-state index contributed by atoms with van der Waals surface area (Å²) in [6, 6.07) is 0.318. The van der Waals surface area contributed by atoms with Crippen LogP contribution in [0.2, 0.25) is 0 Å². The second-order valence-corrected chi connectivity index (χ2v) is 4.28. The molecule has 0 bridgehead atoms. The normalized spacial score (nSPS) is 11.3. The average Bonchev–Trinajstić information content (AvgIpc) is 2.69. The van der Waals surface area contributed by atoms with E-state index in [0.717, 1.165) is 17.0 Å². The fraction of sp³-hybridized carbons (Fsp3) is 0.455. The van der Waals surface area contributed by atoms with Crippen LogP contribution in [0.15, 0.2) is 12.5 Å². The summed E-state index contributed by atoms with van der Waals surface area (Å²) in [7, 11) is 1.89. The molecule has 0 aliphatic rings. The van der Waals surface area contributed by atoms with Gasteiger partial charge in [-0.25, -0.2) is 4.98 Å². The third-order valence-corrected chi connectivity index (χ3v) is 2.66. The highest BCUT2D eigenvalue weighted by molar-refractivity contribution is 5.71. The molecule has 0 radical (unpaired) electrons. The number of nitrogens with two attached hydrogens (primary N) is 1. The van der Waals surface area contributed by atoms with Gasteiger partial charge in [0.2, 0.25) is 0 Å². The Hall–Kier alpha value is -1.78. The van der Waals surface area contributed by atoms with Crippen LogP contribution in [-0.2, 0) is 7.05 Å². The van der Waals surface area contributed by atoms with E-state index in [4.69, 9.17) is 5.73 Å². The smallest absolute Gasteiger partial charge is 0.131 e. The minimum atomic E-state index is 0.318. The maximum absolute atomic E-state index is 6.08. The van der Waals surface area contributed by atoms with Gasteiger partial charge in [-0.3, -0.25) is 4.68 Å². The van der Waals surface area contributed by atoms with Crippen LogP contribution in [0, 0.1) is 6.92 Å². The van der Waals surface area contributed by atoms with Crippen molar-refractivity contribution in [2.24, 2.45) is 7.05 Å². The molecule has 0 aliphatic heterocycles. The van der Waals surface area contributed by atoms with Gasteiger partial charge in [0.25, 0.3) is 0 Å². The molecule has 5 nitrogen and oxygen atoms in total. The largest absolute Gasteiger partial charge is 0.383 e. The van der Waals surface area contributed by atoms with Gasteiger partial charge < -0.3 is 10.3 Å². The third-order valence-electron chi connectivity index (χ3n) is 2.66. The molecule has 2 aromatic heterocycles. The van der Waals surface area contributed by atoms with Crippen LogP contribution in [0.1, 0.15) is 25.6 Å². The first-order valence-electron chi connectivity index (χ1n) is 5.33. The number of aromatic nitrogens is 4. The number of hydrogen-bond acceptors (Lipinski definition) is 3. The minimum absolute atomic E-state index is 0.318. The maximum Gasteiger partial charge on any atom is 0.131 e. The molecule has 2 N–H and O–H groups in total. The van der Waals surface area contributed by atoms with Crippen molar-refractivity contribution in [3.05, 3.63) is 18.2 Å². The molecule has 0 amide bonds. The lowest BCUT2D eigenvalue weighted by molar-refractivity contribution is 0.607. The molecule has 2 heterocycles. The Kier molecular flexibility index (Phi) is 2.46. The van der Waals surface area contributed by atoms with E-state index < -0.39 is 0 Å². The molecule has 5 heteroatoms. The molecule has 0 spiro atoms. The Balaban J connectivity index is 2.53. The number of nitrogens with zero attached hydrogens (tertiary/aromatic N) is 4. The molecule has 86 valence electrons. The van der Waals surface area contributed by atoms with Gasteiger partial charge in [0.1, 0.15) is 11.5 Å². The van der Waals surface area contributed by atoms with E-state index >= 15 is 0 Å². The van der Waals surface area contributed by atoms with Crippen molar-refractivity contribution in [1.82, 2.24) is 19.3 Å². The summed E-state index contributed by atoms with van der Waals surface area (Å²) in [6.45, 7) is 6.12. The molecule has 16 heavy (non-hydrogen) atoms. The molecule has 2 aromatic rings. The zero-order valence-electron chi connectivity index (χ0n) is 10.1. The Morgan fingerprint density at radius 2 is 2.06 bits per heavy atom. The lowest BCUT2D eigenvalue weighted by Gasteiger charge is -2.08. The fourth-order valence-corrected chi connectivity index (χ4v) is 1.82. The van der Waals surface area contributed by atoms with Crippen molar-refractivity contribution in [1.29, 1.82) is 0 Å². The van der Waals surface area contributed by atoms with Crippen LogP contribution < -0.4 is 5.73 Å². The number of rotatable bonds is 2. The predicted octanol–water partition coefficient (Wildman–Crippen LogP) is 1.76. The van der Waals surface area contributed by atoms with Crippen molar-refractivity contribution >= 4 is 5.82 Å². The summed E-state index contributed by atoms with van der Waals surface area (Å²) in [5.41, 5.74) is 8.84. The number of imidazole rings is 1. The maximum atomic E-state index is 6.08. The zero-order chi connectivity index (χ0) is 11.9. The summed E-state index contributed by atoms with van der Waals surface area (Å²) in [5, 5.41) is 4.29.